The third-order valence-electron chi connectivity index (χ3n) is 1.98. The second-order valence-electron chi connectivity index (χ2n) is 3.82. The van der Waals surface area contributed by atoms with Crippen LogP contribution < -0.4 is 16.4 Å². The smallest absolute Gasteiger partial charge is 0.221 e. The van der Waals surface area contributed by atoms with Crippen molar-refractivity contribution in [1.29, 1.82) is 0 Å². The summed E-state index contributed by atoms with van der Waals surface area (Å²) in [6.07, 6.45) is 1.39. The molecule has 0 aliphatic heterocycles. The molecule has 0 saturated heterocycles. The highest BCUT2D eigenvalue weighted by Crippen LogP contribution is 1.92. The van der Waals surface area contributed by atoms with Gasteiger partial charge in [-0.05, 0) is 13.3 Å². The molecule has 1 atom stereocenters. The van der Waals surface area contributed by atoms with Crippen LogP contribution in [0.2, 0.25) is 0 Å². The third kappa shape index (κ3) is 8.15. The fourth-order valence-corrected chi connectivity index (χ4v) is 1.12. The maximum Gasteiger partial charge on any atom is 0.221 e. The predicted octanol–water partition coefficient (Wildman–Crippen LogP) is 0.396. The maximum absolute atomic E-state index is 11.4. The van der Waals surface area contributed by atoms with Crippen molar-refractivity contribution in [3.8, 4) is 0 Å². The molecule has 0 bridgehead atoms. The quantitative estimate of drug-likeness (QED) is 0.511. The summed E-state index contributed by atoms with van der Waals surface area (Å²) in [5.74, 6) is 0.0570. The number of amides is 1. The first kappa shape index (κ1) is 14.1. The van der Waals surface area contributed by atoms with Crippen molar-refractivity contribution in [2.24, 2.45) is 5.73 Å². The molecule has 1 unspecified atom stereocenters. The van der Waals surface area contributed by atoms with Crippen LogP contribution >= 0.6 is 0 Å². The zero-order chi connectivity index (χ0) is 11.7. The van der Waals surface area contributed by atoms with Crippen molar-refractivity contribution >= 4 is 5.91 Å². The predicted molar refractivity (Wildman–Crippen MR) is 63.6 cm³/mol. The van der Waals surface area contributed by atoms with E-state index in [1.165, 1.54) is 0 Å². The van der Waals surface area contributed by atoms with Gasteiger partial charge in [-0.3, -0.25) is 4.79 Å². The minimum Gasteiger partial charge on any atom is -0.356 e. The fraction of sp³-hybridized carbons (Fsp3) is 0.727. The van der Waals surface area contributed by atoms with Crippen LogP contribution in [0.25, 0.3) is 0 Å². The topological polar surface area (TPSA) is 67.1 Å². The van der Waals surface area contributed by atoms with E-state index in [-0.39, 0.29) is 11.9 Å². The standard InChI is InChI=1S/C11H23N3O/c1-4-5-13-11(15)6-10(7-12)14-8-9(2)3/h10,14H,2,4-8,12H2,1,3H3,(H,13,15). The van der Waals surface area contributed by atoms with E-state index < -0.39 is 0 Å². The third-order valence-corrected chi connectivity index (χ3v) is 1.98. The molecule has 0 heterocycles. The highest BCUT2D eigenvalue weighted by Gasteiger charge is 2.10. The zero-order valence-corrected chi connectivity index (χ0v) is 9.81. The first-order chi connectivity index (χ1) is 7.10. The van der Waals surface area contributed by atoms with Gasteiger partial charge in [-0.25, -0.2) is 0 Å². The van der Waals surface area contributed by atoms with E-state index in [0.29, 0.717) is 19.5 Å². The van der Waals surface area contributed by atoms with E-state index >= 15 is 0 Å². The normalized spacial score (nSPS) is 12.2. The zero-order valence-electron chi connectivity index (χ0n) is 9.81. The summed E-state index contributed by atoms with van der Waals surface area (Å²) in [5.41, 5.74) is 6.61. The van der Waals surface area contributed by atoms with E-state index in [0.717, 1.165) is 18.5 Å². The Bertz CT molecular complexity index is 204. The van der Waals surface area contributed by atoms with Gasteiger partial charge < -0.3 is 16.4 Å². The first-order valence-corrected chi connectivity index (χ1v) is 5.44. The lowest BCUT2D eigenvalue weighted by molar-refractivity contribution is -0.121. The molecule has 4 N–H and O–H groups in total. The molecule has 15 heavy (non-hydrogen) atoms. The van der Waals surface area contributed by atoms with Gasteiger partial charge in [0.15, 0.2) is 0 Å². The molecule has 0 aromatic rings. The number of carbonyl (C=O) groups is 1. The number of nitrogens with one attached hydrogen (secondary N) is 2. The number of nitrogens with two attached hydrogens (primary N) is 1. The summed E-state index contributed by atoms with van der Waals surface area (Å²) in [5, 5.41) is 6.02. The van der Waals surface area contributed by atoms with Crippen LogP contribution in [-0.2, 0) is 4.79 Å². The van der Waals surface area contributed by atoms with Crippen LogP contribution in [0.5, 0.6) is 0 Å². The molecule has 4 nitrogen and oxygen atoms in total. The van der Waals surface area contributed by atoms with Crippen molar-refractivity contribution < 1.29 is 4.79 Å². The molecule has 0 aromatic heterocycles. The van der Waals surface area contributed by atoms with Gasteiger partial charge in [-0.2, -0.15) is 0 Å². The average molecular weight is 213 g/mol. The van der Waals surface area contributed by atoms with Crippen LogP contribution in [-0.4, -0.2) is 31.6 Å². The molecule has 1 amide bonds. The van der Waals surface area contributed by atoms with Gasteiger partial charge >= 0.3 is 0 Å². The second kappa shape index (κ2) is 8.44. The lowest BCUT2D eigenvalue weighted by Crippen LogP contribution is -2.41. The Labute approximate surface area is 92.3 Å². The first-order valence-electron chi connectivity index (χ1n) is 5.44. The number of carbonyl (C=O) groups excluding carboxylic acids is 1. The average Bonchev–Trinajstić information content (AvgIpc) is 2.20. The Hall–Kier alpha value is -0.870. The van der Waals surface area contributed by atoms with Gasteiger partial charge in [0.25, 0.3) is 0 Å². The molecule has 0 aromatic carbocycles. The molecule has 0 rings (SSSR count). The molecule has 0 saturated carbocycles. The SMILES string of the molecule is C=C(C)CNC(CN)CC(=O)NCCC. The molecular formula is C11H23N3O. The van der Waals surface area contributed by atoms with Crippen LogP contribution in [0, 0.1) is 0 Å². The van der Waals surface area contributed by atoms with Gasteiger partial charge in [-0.15, -0.1) is 0 Å². The second-order valence-corrected chi connectivity index (χ2v) is 3.82. The van der Waals surface area contributed by atoms with Crippen LogP contribution in [0.1, 0.15) is 26.7 Å². The largest absolute Gasteiger partial charge is 0.356 e. The van der Waals surface area contributed by atoms with Gasteiger partial charge in [0.2, 0.25) is 5.91 Å². The summed E-state index contributed by atoms with van der Waals surface area (Å²) < 4.78 is 0. The van der Waals surface area contributed by atoms with Gasteiger partial charge in [-0.1, -0.05) is 19.1 Å². The summed E-state index contributed by atoms with van der Waals surface area (Å²) in [7, 11) is 0. The highest BCUT2D eigenvalue weighted by molar-refractivity contribution is 5.76. The van der Waals surface area contributed by atoms with Crippen molar-refractivity contribution in [2.75, 3.05) is 19.6 Å². The minimum absolute atomic E-state index is 0.0403. The Balaban J connectivity index is 3.77. The fourth-order valence-electron chi connectivity index (χ4n) is 1.12. The van der Waals surface area contributed by atoms with E-state index in [1.807, 2.05) is 13.8 Å². The van der Waals surface area contributed by atoms with Gasteiger partial charge in [0.05, 0.1) is 0 Å². The molecule has 4 heteroatoms. The number of rotatable bonds is 8. The molecule has 0 aliphatic carbocycles. The molecule has 88 valence electrons. The van der Waals surface area contributed by atoms with Crippen molar-refractivity contribution in [3.63, 3.8) is 0 Å². The summed E-state index contributed by atoms with van der Waals surface area (Å²) in [6.45, 7) is 9.67. The van der Waals surface area contributed by atoms with E-state index in [4.69, 9.17) is 5.73 Å². The Kier molecular flexibility index (Phi) is 7.95. The summed E-state index contributed by atoms with van der Waals surface area (Å²) in [4.78, 5) is 11.4. The van der Waals surface area contributed by atoms with Crippen molar-refractivity contribution in [3.05, 3.63) is 12.2 Å². The molecule has 0 radical (unpaired) electrons. The lowest BCUT2D eigenvalue weighted by Gasteiger charge is -2.16. The van der Waals surface area contributed by atoms with Gasteiger partial charge in [0.1, 0.15) is 0 Å². The monoisotopic (exact) mass is 213 g/mol. The van der Waals surface area contributed by atoms with Gasteiger partial charge in [0, 0.05) is 32.1 Å². The Morgan fingerprint density at radius 3 is 2.67 bits per heavy atom. The van der Waals surface area contributed by atoms with Crippen LogP contribution in [0.15, 0.2) is 12.2 Å². The summed E-state index contributed by atoms with van der Waals surface area (Å²) >= 11 is 0. The Morgan fingerprint density at radius 2 is 2.20 bits per heavy atom. The highest BCUT2D eigenvalue weighted by atomic mass is 16.1. The van der Waals surface area contributed by atoms with Crippen LogP contribution in [0.4, 0.5) is 0 Å². The van der Waals surface area contributed by atoms with Crippen LogP contribution in [0.3, 0.4) is 0 Å². The van der Waals surface area contributed by atoms with E-state index in [2.05, 4.69) is 17.2 Å². The Morgan fingerprint density at radius 1 is 1.53 bits per heavy atom. The summed E-state index contributed by atoms with van der Waals surface area (Å²) in [6, 6.07) is 0.0403. The maximum atomic E-state index is 11.4. The number of hydrogen-bond donors (Lipinski definition) is 3. The van der Waals surface area contributed by atoms with Crippen molar-refractivity contribution in [2.45, 2.75) is 32.7 Å². The molecule has 0 spiro atoms. The molecular weight excluding hydrogens is 190 g/mol. The molecule has 0 fully saturated rings. The van der Waals surface area contributed by atoms with E-state index in [1.54, 1.807) is 0 Å². The molecule has 0 aliphatic rings. The minimum atomic E-state index is 0.0403. The number of hydrogen-bond acceptors (Lipinski definition) is 3. The van der Waals surface area contributed by atoms with E-state index in [9.17, 15) is 4.79 Å². The lowest BCUT2D eigenvalue weighted by atomic mass is 10.2. The van der Waals surface area contributed by atoms with Crippen molar-refractivity contribution in [1.82, 2.24) is 10.6 Å².